The lowest BCUT2D eigenvalue weighted by Gasteiger charge is -1.96. The number of hydrogen-bond donors (Lipinski definition) is 1. The number of nitrogens with two attached hydrogens (primary N) is 1. The predicted molar refractivity (Wildman–Crippen MR) is 42.6 cm³/mol. The highest BCUT2D eigenvalue weighted by atomic mass is 32.2. The van der Waals surface area contributed by atoms with Gasteiger partial charge in [0.15, 0.2) is 0 Å². The molecule has 1 aromatic carbocycles. The van der Waals surface area contributed by atoms with Crippen LogP contribution in [0.2, 0.25) is 0 Å². The van der Waals surface area contributed by atoms with Crippen LogP contribution in [0.1, 0.15) is 5.56 Å². The van der Waals surface area contributed by atoms with E-state index in [9.17, 15) is 13.2 Å². The molecule has 0 atom stereocenters. The molecule has 0 aliphatic carbocycles. The highest BCUT2D eigenvalue weighted by Gasteiger charge is 2.06. The molecular weight excluding hydrogens is 178 g/mol. The highest BCUT2D eigenvalue weighted by molar-refractivity contribution is 7.89. The first-order valence-electron chi connectivity index (χ1n) is 3.05. The largest absolute Gasteiger partial charge is 0.285 e. The molecule has 4 nitrogen and oxygen atoms in total. The van der Waals surface area contributed by atoms with Crippen molar-refractivity contribution < 1.29 is 13.2 Å². The average Bonchev–Trinajstić information content (AvgIpc) is 2.03. The molecule has 1 rings (SSSR count). The summed E-state index contributed by atoms with van der Waals surface area (Å²) in [5.74, 6) is 0. The first-order chi connectivity index (χ1) is 5.54. The summed E-state index contributed by atoms with van der Waals surface area (Å²) in [7, 11) is -3.71. The summed E-state index contributed by atoms with van der Waals surface area (Å²) in [4.78, 5) is 10.0. The average molecular weight is 184 g/mol. The molecular formula is C7H6NO3S. The van der Waals surface area contributed by atoms with Crippen LogP contribution in [0.5, 0.6) is 0 Å². The number of sulfonamides is 1. The van der Waals surface area contributed by atoms with Gasteiger partial charge in [-0.2, -0.15) is 0 Å². The van der Waals surface area contributed by atoms with Gasteiger partial charge in [0, 0.05) is 5.56 Å². The van der Waals surface area contributed by atoms with E-state index >= 15 is 0 Å². The molecule has 0 amide bonds. The van der Waals surface area contributed by atoms with Crippen molar-refractivity contribution >= 4 is 16.3 Å². The predicted octanol–water partition coefficient (Wildman–Crippen LogP) is -0.208. The maximum absolute atomic E-state index is 10.7. The van der Waals surface area contributed by atoms with Crippen LogP contribution in [-0.4, -0.2) is 14.7 Å². The van der Waals surface area contributed by atoms with Crippen molar-refractivity contribution in [1.29, 1.82) is 0 Å². The number of hydrogen-bond acceptors (Lipinski definition) is 3. The Morgan fingerprint density at radius 1 is 1.33 bits per heavy atom. The summed E-state index contributed by atoms with van der Waals surface area (Å²) in [6, 6.07) is 5.36. The van der Waals surface area contributed by atoms with Crippen LogP contribution in [-0.2, 0) is 14.8 Å². The Labute approximate surface area is 70.1 Å². The van der Waals surface area contributed by atoms with Crippen molar-refractivity contribution in [2.24, 2.45) is 5.14 Å². The third kappa shape index (κ3) is 1.90. The number of benzene rings is 1. The first kappa shape index (κ1) is 8.89. The molecule has 12 heavy (non-hydrogen) atoms. The monoisotopic (exact) mass is 184 g/mol. The summed E-state index contributed by atoms with van der Waals surface area (Å²) in [5.41, 5.74) is 0.168. The smallest absolute Gasteiger partial charge is 0.238 e. The molecule has 0 fully saturated rings. The maximum Gasteiger partial charge on any atom is 0.238 e. The van der Waals surface area contributed by atoms with Crippen molar-refractivity contribution in [3.63, 3.8) is 0 Å². The summed E-state index contributed by atoms with van der Waals surface area (Å²) in [6.07, 6.45) is 1.57. The van der Waals surface area contributed by atoms with Crippen molar-refractivity contribution in [2.45, 2.75) is 4.90 Å². The zero-order valence-electron chi connectivity index (χ0n) is 6.02. The van der Waals surface area contributed by atoms with E-state index in [1.54, 1.807) is 6.29 Å². The summed E-state index contributed by atoms with van der Waals surface area (Å²) >= 11 is 0. The molecule has 2 N–H and O–H groups in total. The second-order valence-electron chi connectivity index (χ2n) is 2.17. The van der Waals surface area contributed by atoms with E-state index in [2.05, 4.69) is 0 Å². The van der Waals surface area contributed by atoms with Gasteiger partial charge in [-0.1, -0.05) is 12.1 Å². The molecule has 0 bridgehead atoms. The topological polar surface area (TPSA) is 77.2 Å². The third-order valence-corrected chi connectivity index (χ3v) is 2.19. The van der Waals surface area contributed by atoms with Gasteiger partial charge in [0.1, 0.15) is 0 Å². The van der Waals surface area contributed by atoms with Crippen molar-refractivity contribution in [3.8, 4) is 0 Å². The minimum atomic E-state index is -3.71. The van der Waals surface area contributed by atoms with E-state index in [-0.39, 0.29) is 10.5 Å². The van der Waals surface area contributed by atoms with Crippen LogP contribution in [0, 0.1) is 0 Å². The molecule has 0 unspecified atom stereocenters. The Bertz CT molecular complexity index is 397. The van der Waals surface area contributed by atoms with Gasteiger partial charge in [0.2, 0.25) is 16.3 Å². The Kier molecular flexibility index (Phi) is 2.25. The highest BCUT2D eigenvalue weighted by Crippen LogP contribution is 2.07. The van der Waals surface area contributed by atoms with Gasteiger partial charge in [-0.3, -0.25) is 4.79 Å². The van der Waals surface area contributed by atoms with Crippen LogP contribution in [0.3, 0.4) is 0 Å². The van der Waals surface area contributed by atoms with Gasteiger partial charge in [0.25, 0.3) is 0 Å². The van der Waals surface area contributed by atoms with Gasteiger partial charge in [-0.25, -0.2) is 13.6 Å². The molecule has 1 radical (unpaired) electrons. The standard InChI is InChI=1S/C7H6NO3S/c8-12(10,11)7-3-1-2-6(4-7)5-9/h1-4H,(H2,8,10,11). The summed E-state index contributed by atoms with van der Waals surface area (Å²) in [5, 5.41) is 4.82. The Balaban J connectivity index is 3.29. The van der Waals surface area contributed by atoms with E-state index < -0.39 is 10.0 Å². The molecule has 0 aliphatic rings. The zero-order valence-corrected chi connectivity index (χ0v) is 6.84. The number of carbonyl (C=O) groups excluding carboxylic acids is 1. The zero-order chi connectivity index (χ0) is 9.19. The maximum atomic E-state index is 10.7. The van der Waals surface area contributed by atoms with Crippen molar-refractivity contribution in [1.82, 2.24) is 0 Å². The Morgan fingerprint density at radius 3 is 2.50 bits per heavy atom. The minimum Gasteiger partial charge on any atom is -0.285 e. The SMILES string of the molecule is NS(=O)(=O)c1cccc([C]=O)c1. The normalized spacial score (nSPS) is 11.1. The molecule has 0 aromatic heterocycles. The molecule has 0 heterocycles. The first-order valence-corrected chi connectivity index (χ1v) is 4.59. The number of rotatable bonds is 2. The van der Waals surface area contributed by atoms with Gasteiger partial charge < -0.3 is 0 Å². The lowest BCUT2D eigenvalue weighted by atomic mass is 10.2. The van der Waals surface area contributed by atoms with Gasteiger partial charge in [-0.15, -0.1) is 0 Å². The molecule has 5 heteroatoms. The van der Waals surface area contributed by atoms with E-state index in [1.807, 2.05) is 0 Å². The van der Waals surface area contributed by atoms with Gasteiger partial charge >= 0.3 is 0 Å². The van der Waals surface area contributed by atoms with Crippen molar-refractivity contribution in [2.75, 3.05) is 0 Å². The van der Waals surface area contributed by atoms with Crippen LogP contribution < -0.4 is 5.14 Å². The molecule has 0 spiro atoms. The molecule has 0 saturated carbocycles. The molecule has 1 aromatic rings. The fourth-order valence-electron chi connectivity index (χ4n) is 0.737. The number of primary sulfonamides is 1. The van der Waals surface area contributed by atoms with Crippen LogP contribution in [0.15, 0.2) is 29.2 Å². The lowest BCUT2D eigenvalue weighted by molar-refractivity contribution is 0.562. The van der Waals surface area contributed by atoms with Crippen LogP contribution in [0.4, 0.5) is 0 Å². The third-order valence-electron chi connectivity index (χ3n) is 1.28. The second kappa shape index (κ2) is 3.04. The minimum absolute atomic E-state index is 0.0802. The lowest BCUT2D eigenvalue weighted by Crippen LogP contribution is -2.12. The fourth-order valence-corrected chi connectivity index (χ4v) is 1.30. The Hall–Kier alpha value is -1.20. The molecule has 0 aliphatic heterocycles. The second-order valence-corrected chi connectivity index (χ2v) is 3.74. The quantitative estimate of drug-likeness (QED) is 0.691. The van der Waals surface area contributed by atoms with E-state index in [0.29, 0.717) is 0 Å². The fraction of sp³-hybridized carbons (Fsp3) is 0. The van der Waals surface area contributed by atoms with E-state index in [1.165, 1.54) is 24.3 Å². The Morgan fingerprint density at radius 2 is 2.00 bits per heavy atom. The van der Waals surface area contributed by atoms with E-state index in [0.717, 1.165) is 0 Å². The van der Waals surface area contributed by atoms with Crippen LogP contribution >= 0.6 is 0 Å². The van der Waals surface area contributed by atoms with Gasteiger partial charge in [-0.05, 0) is 12.1 Å². The van der Waals surface area contributed by atoms with Crippen molar-refractivity contribution in [3.05, 3.63) is 29.8 Å². The van der Waals surface area contributed by atoms with E-state index in [4.69, 9.17) is 5.14 Å². The molecule has 63 valence electrons. The summed E-state index contributed by atoms with van der Waals surface area (Å²) < 4.78 is 21.5. The molecule has 0 saturated heterocycles. The van der Waals surface area contributed by atoms with Crippen LogP contribution in [0.25, 0.3) is 0 Å². The summed E-state index contributed by atoms with van der Waals surface area (Å²) in [6.45, 7) is 0. The van der Waals surface area contributed by atoms with Gasteiger partial charge in [0.05, 0.1) is 4.90 Å².